The summed E-state index contributed by atoms with van der Waals surface area (Å²) in [5.41, 5.74) is 2.61. The topological polar surface area (TPSA) is 107 Å². The molecular weight excluding hydrogens is 432 g/mol. The van der Waals surface area contributed by atoms with E-state index in [2.05, 4.69) is 15.1 Å². The second kappa shape index (κ2) is 9.64. The van der Waals surface area contributed by atoms with E-state index in [0.717, 1.165) is 31.6 Å². The number of likely N-dealkylation sites (tertiary alicyclic amines) is 1. The summed E-state index contributed by atoms with van der Waals surface area (Å²) in [5.74, 6) is 0.422. The lowest BCUT2D eigenvalue weighted by Crippen LogP contribution is -2.32. The van der Waals surface area contributed by atoms with Crippen LogP contribution in [0.25, 0.3) is 5.69 Å². The molecule has 174 valence electrons. The Balaban J connectivity index is 1.53. The highest BCUT2D eigenvalue weighted by Crippen LogP contribution is 2.27. The van der Waals surface area contributed by atoms with Crippen LogP contribution in [0.2, 0.25) is 0 Å². The molecule has 0 spiro atoms. The number of hydrogen-bond donors (Lipinski definition) is 0. The first-order valence-corrected chi connectivity index (χ1v) is 11.7. The van der Waals surface area contributed by atoms with Crippen molar-refractivity contribution in [1.29, 1.82) is 0 Å². The number of piperidine rings is 1. The maximum absolute atomic E-state index is 13.5. The third kappa shape index (κ3) is 4.38. The van der Waals surface area contributed by atoms with Gasteiger partial charge in [0.15, 0.2) is 5.82 Å². The van der Waals surface area contributed by atoms with Crippen molar-refractivity contribution in [3.63, 3.8) is 0 Å². The average molecular weight is 459 g/mol. The molecule has 1 aromatic heterocycles. The van der Waals surface area contributed by atoms with Crippen LogP contribution < -0.4 is 5.56 Å². The number of fused-ring (bicyclic) bond motifs is 3. The SMILES string of the molecule is O=c1c(CCCN2CCCCC2)nnc2n1-c1ccc([N+](=O)[O-])cc1C(c1ccccc1)=NC2. The number of non-ortho nitro benzene ring substituents is 1. The molecular formula is C25H26N6O3. The third-order valence-corrected chi connectivity index (χ3v) is 6.44. The minimum atomic E-state index is -0.436. The molecule has 3 heterocycles. The number of rotatable bonds is 6. The molecule has 0 radical (unpaired) electrons. The number of hydrogen-bond acceptors (Lipinski definition) is 7. The Kier molecular flexibility index (Phi) is 6.27. The highest BCUT2D eigenvalue weighted by molar-refractivity contribution is 6.15. The van der Waals surface area contributed by atoms with Crippen molar-refractivity contribution in [3.05, 3.63) is 91.6 Å². The predicted molar refractivity (Wildman–Crippen MR) is 129 cm³/mol. The molecule has 5 rings (SSSR count). The molecule has 1 saturated heterocycles. The van der Waals surface area contributed by atoms with Gasteiger partial charge in [0.25, 0.3) is 11.2 Å². The van der Waals surface area contributed by atoms with Crippen LogP contribution in [0.15, 0.2) is 58.3 Å². The molecule has 9 heteroatoms. The fourth-order valence-corrected chi connectivity index (χ4v) is 4.71. The van der Waals surface area contributed by atoms with E-state index in [1.54, 1.807) is 6.07 Å². The fraction of sp³-hybridized carbons (Fsp3) is 0.360. The van der Waals surface area contributed by atoms with Crippen molar-refractivity contribution in [2.24, 2.45) is 4.99 Å². The predicted octanol–water partition coefficient (Wildman–Crippen LogP) is 3.31. The van der Waals surface area contributed by atoms with Gasteiger partial charge in [-0.15, -0.1) is 10.2 Å². The second-order valence-electron chi connectivity index (χ2n) is 8.70. The number of benzene rings is 2. The Bertz CT molecular complexity index is 1300. The van der Waals surface area contributed by atoms with E-state index in [4.69, 9.17) is 4.99 Å². The molecule has 2 aliphatic rings. The average Bonchev–Trinajstić information content (AvgIpc) is 3.03. The van der Waals surface area contributed by atoms with Gasteiger partial charge in [0, 0.05) is 23.3 Å². The first kappa shape index (κ1) is 22.1. The number of nitro benzene ring substituents is 1. The molecule has 0 unspecified atom stereocenters. The van der Waals surface area contributed by atoms with Crippen molar-refractivity contribution in [2.45, 2.75) is 38.6 Å². The van der Waals surface area contributed by atoms with Crippen LogP contribution in [0.4, 0.5) is 5.69 Å². The molecule has 0 aliphatic carbocycles. The maximum atomic E-state index is 13.5. The van der Waals surface area contributed by atoms with Gasteiger partial charge in [0.1, 0.15) is 12.2 Å². The van der Waals surface area contributed by atoms with Crippen LogP contribution in [0.3, 0.4) is 0 Å². The van der Waals surface area contributed by atoms with E-state index in [-0.39, 0.29) is 17.8 Å². The van der Waals surface area contributed by atoms with Crippen LogP contribution in [-0.4, -0.2) is 49.9 Å². The molecule has 0 N–H and O–H groups in total. The molecule has 0 atom stereocenters. The van der Waals surface area contributed by atoms with Gasteiger partial charge in [0.2, 0.25) is 0 Å². The van der Waals surface area contributed by atoms with Crippen LogP contribution in [0.5, 0.6) is 0 Å². The van der Waals surface area contributed by atoms with Crippen molar-refractivity contribution >= 4 is 11.4 Å². The zero-order valence-electron chi connectivity index (χ0n) is 18.9. The smallest absolute Gasteiger partial charge is 0.280 e. The van der Waals surface area contributed by atoms with Crippen molar-refractivity contribution in [3.8, 4) is 5.69 Å². The summed E-state index contributed by atoms with van der Waals surface area (Å²) in [6.07, 6.45) is 5.13. The van der Waals surface area contributed by atoms with Gasteiger partial charge >= 0.3 is 0 Å². The highest BCUT2D eigenvalue weighted by atomic mass is 16.6. The normalized spacial score (nSPS) is 15.7. The van der Waals surface area contributed by atoms with Crippen LogP contribution in [-0.2, 0) is 13.0 Å². The Morgan fingerprint density at radius 1 is 1.00 bits per heavy atom. The highest BCUT2D eigenvalue weighted by Gasteiger charge is 2.24. The van der Waals surface area contributed by atoms with E-state index in [1.807, 2.05) is 30.3 Å². The lowest BCUT2D eigenvalue weighted by atomic mass is 10.00. The minimum Gasteiger partial charge on any atom is -0.303 e. The van der Waals surface area contributed by atoms with Gasteiger partial charge in [-0.1, -0.05) is 36.8 Å². The quantitative estimate of drug-likeness (QED) is 0.414. The Labute approximate surface area is 196 Å². The number of aryl methyl sites for hydroxylation is 1. The zero-order chi connectivity index (χ0) is 23.5. The van der Waals surface area contributed by atoms with Gasteiger partial charge in [-0.3, -0.25) is 24.5 Å². The first-order valence-electron chi connectivity index (χ1n) is 11.7. The van der Waals surface area contributed by atoms with Crippen LogP contribution >= 0.6 is 0 Å². The Morgan fingerprint density at radius 3 is 2.56 bits per heavy atom. The summed E-state index contributed by atoms with van der Waals surface area (Å²) < 4.78 is 1.53. The minimum absolute atomic E-state index is 0.0531. The largest absolute Gasteiger partial charge is 0.303 e. The maximum Gasteiger partial charge on any atom is 0.280 e. The van der Waals surface area contributed by atoms with Gasteiger partial charge in [-0.25, -0.2) is 0 Å². The summed E-state index contributed by atoms with van der Waals surface area (Å²) in [7, 11) is 0. The summed E-state index contributed by atoms with van der Waals surface area (Å²) >= 11 is 0. The Morgan fingerprint density at radius 2 is 1.79 bits per heavy atom. The van der Waals surface area contributed by atoms with Crippen LogP contribution in [0.1, 0.15) is 48.3 Å². The van der Waals surface area contributed by atoms with Crippen molar-refractivity contribution in [1.82, 2.24) is 19.7 Å². The number of nitrogens with zero attached hydrogens (tertiary/aromatic N) is 6. The summed E-state index contributed by atoms with van der Waals surface area (Å²) in [6, 6.07) is 14.0. The van der Waals surface area contributed by atoms with E-state index < -0.39 is 4.92 Å². The van der Waals surface area contributed by atoms with Gasteiger partial charge < -0.3 is 4.90 Å². The fourth-order valence-electron chi connectivity index (χ4n) is 4.71. The lowest BCUT2D eigenvalue weighted by Gasteiger charge is -2.26. The second-order valence-corrected chi connectivity index (χ2v) is 8.70. The van der Waals surface area contributed by atoms with E-state index in [9.17, 15) is 14.9 Å². The van der Waals surface area contributed by atoms with E-state index >= 15 is 0 Å². The molecule has 1 fully saturated rings. The summed E-state index contributed by atoms with van der Waals surface area (Å²) in [4.78, 5) is 31.7. The van der Waals surface area contributed by atoms with Crippen molar-refractivity contribution < 1.29 is 4.92 Å². The number of aromatic nitrogens is 3. The molecule has 3 aromatic rings. The number of aliphatic imine (C=N–C) groups is 1. The van der Waals surface area contributed by atoms with Gasteiger partial charge in [-0.05, 0) is 51.4 Å². The summed E-state index contributed by atoms with van der Waals surface area (Å²) in [6.45, 7) is 3.32. The third-order valence-electron chi connectivity index (χ3n) is 6.44. The van der Waals surface area contributed by atoms with Gasteiger partial charge in [0.05, 0.1) is 16.3 Å². The Hall–Kier alpha value is -3.72. The molecule has 2 aliphatic heterocycles. The number of nitro groups is 1. The van der Waals surface area contributed by atoms with Crippen molar-refractivity contribution in [2.75, 3.05) is 19.6 Å². The van der Waals surface area contributed by atoms with Gasteiger partial charge in [-0.2, -0.15) is 0 Å². The molecule has 0 saturated carbocycles. The first-order chi connectivity index (χ1) is 16.6. The molecule has 2 aromatic carbocycles. The van der Waals surface area contributed by atoms with Crippen LogP contribution in [0, 0.1) is 10.1 Å². The standard InChI is InChI=1S/C25H26N6O3/c32-25-21(10-7-15-29-13-5-2-6-14-29)27-28-23-17-26-24(18-8-3-1-4-9-18)20-16-19(31(33)34)11-12-22(20)30(23)25/h1,3-4,8-9,11-12,16H,2,5-7,10,13-15,17H2. The van der Waals surface area contributed by atoms with E-state index in [1.165, 1.54) is 36.0 Å². The molecule has 0 amide bonds. The lowest BCUT2D eigenvalue weighted by molar-refractivity contribution is -0.384. The molecule has 9 nitrogen and oxygen atoms in total. The monoisotopic (exact) mass is 458 g/mol. The zero-order valence-corrected chi connectivity index (χ0v) is 18.9. The molecule has 34 heavy (non-hydrogen) atoms. The summed E-state index contributed by atoms with van der Waals surface area (Å²) in [5, 5.41) is 20.1. The molecule has 0 bridgehead atoms. The van der Waals surface area contributed by atoms with E-state index in [0.29, 0.717) is 34.9 Å².